The Bertz CT molecular complexity index is 715. The molecule has 3 rings (SSSR count). The molecule has 2 aromatic rings. The Kier molecular flexibility index (Phi) is 7.42. The van der Waals surface area contributed by atoms with Crippen LogP contribution in [0.1, 0.15) is 18.5 Å². The topological polar surface area (TPSA) is 54.2 Å². The van der Waals surface area contributed by atoms with Gasteiger partial charge in [0.1, 0.15) is 5.82 Å². The van der Waals surface area contributed by atoms with Gasteiger partial charge in [0, 0.05) is 32.3 Å². The number of nitrogens with one attached hydrogen (secondary N) is 2. The number of benzene rings is 1. The summed E-state index contributed by atoms with van der Waals surface area (Å²) in [5.41, 5.74) is 1.83. The Balaban J connectivity index is 0.00000225. The Morgan fingerprint density at radius 2 is 1.96 bits per heavy atom. The second kappa shape index (κ2) is 9.55. The van der Waals surface area contributed by atoms with Crippen molar-refractivity contribution in [2.75, 3.05) is 13.6 Å². The molecule has 5 nitrogen and oxygen atoms in total. The van der Waals surface area contributed by atoms with E-state index in [1.165, 1.54) is 12.1 Å². The molecule has 0 unspecified atom stereocenters. The zero-order valence-electron chi connectivity index (χ0n) is 14.2. The van der Waals surface area contributed by atoms with Crippen molar-refractivity contribution in [1.82, 2.24) is 20.4 Å². The molecular formula is C18H23FIN5. The first kappa shape index (κ1) is 19.4. The fraction of sp³-hybridized carbons (Fsp3) is 0.333. The van der Waals surface area contributed by atoms with Crippen LogP contribution < -0.4 is 10.6 Å². The Morgan fingerprint density at radius 1 is 1.24 bits per heavy atom. The average Bonchev–Trinajstić information content (AvgIpc) is 3.26. The number of nitrogens with zero attached hydrogens (tertiary/aromatic N) is 3. The number of aliphatic imine (C=N–C) groups is 1. The molecule has 0 aliphatic heterocycles. The standard InChI is InChI=1S/C18H22FN5.HI/c1-20-18(22-15-4-2-3-5-15)21-12-10-16-11-13-24(23-16)17-8-6-14(19)7-9-17;/h2-3,6-9,11,13,15H,4-5,10,12H2,1H3,(H2,20,21,22);1H. The molecule has 0 atom stereocenters. The van der Waals surface area contributed by atoms with E-state index in [0.717, 1.165) is 43.1 Å². The largest absolute Gasteiger partial charge is 0.356 e. The summed E-state index contributed by atoms with van der Waals surface area (Å²) in [6.07, 6.45) is 9.14. The minimum absolute atomic E-state index is 0. The number of aromatic nitrogens is 2. The molecule has 0 fully saturated rings. The first-order chi connectivity index (χ1) is 11.7. The van der Waals surface area contributed by atoms with E-state index in [9.17, 15) is 4.39 Å². The van der Waals surface area contributed by atoms with Crippen LogP contribution in [-0.4, -0.2) is 35.4 Å². The van der Waals surface area contributed by atoms with Gasteiger partial charge in [-0.15, -0.1) is 24.0 Å². The predicted molar refractivity (Wildman–Crippen MR) is 109 cm³/mol. The maximum absolute atomic E-state index is 13.0. The average molecular weight is 455 g/mol. The van der Waals surface area contributed by atoms with E-state index in [2.05, 4.69) is 32.9 Å². The normalized spacial score (nSPS) is 14.4. The lowest BCUT2D eigenvalue weighted by Crippen LogP contribution is -2.43. The van der Waals surface area contributed by atoms with E-state index in [0.29, 0.717) is 6.04 Å². The van der Waals surface area contributed by atoms with Gasteiger partial charge in [-0.1, -0.05) is 12.2 Å². The molecule has 0 spiro atoms. The zero-order chi connectivity index (χ0) is 16.8. The summed E-state index contributed by atoms with van der Waals surface area (Å²) >= 11 is 0. The predicted octanol–water partition coefficient (Wildman–Crippen LogP) is 3.06. The van der Waals surface area contributed by atoms with Gasteiger partial charge in [0.15, 0.2) is 5.96 Å². The quantitative estimate of drug-likeness (QED) is 0.316. The third-order valence-corrected chi connectivity index (χ3v) is 3.98. The molecule has 2 N–H and O–H groups in total. The lowest BCUT2D eigenvalue weighted by Gasteiger charge is -2.16. The van der Waals surface area contributed by atoms with Crippen LogP contribution in [0.25, 0.3) is 5.69 Å². The van der Waals surface area contributed by atoms with Crippen molar-refractivity contribution in [1.29, 1.82) is 0 Å². The summed E-state index contributed by atoms with van der Waals surface area (Å²) in [5, 5.41) is 11.2. The highest BCUT2D eigenvalue weighted by atomic mass is 127. The van der Waals surface area contributed by atoms with Crippen molar-refractivity contribution >= 4 is 29.9 Å². The fourth-order valence-corrected chi connectivity index (χ4v) is 2.66. The molecule has 134 valence electrons. The Labute approximate surface area is 164 Å². The van der Waals surface area contributed by atoms with Gasteiger partial charge in [-0.05, 0) is 43.2 Å². The van der Waals surface area contributed by atoms with Crippen molar-refractivity contribution in [2.24, 2.45) is 4.99 Å². The molecule has 1 aliphatic rings. The second-order valence-electron chi connectivity index (χ2n) is 5.76. The molecule has 1 heterocycles. The van der Waals surface area contributed by atoms with Gasteiger partial charge in [0.05, 0.1) is 11.4 Å². The van der Waals surface area contributed by atoms with E-state index in [4.69, 9.17) is 0 Å². The van der Waals surface area contributed by atoms with Gasteiger partial charge in [-0.2, -0.15) is 5.10 Å². The smallest absolute Gasteiger partial charge is 0.191 e. The lowest BCUT2D eigenvalue weighted by molar-refractivity contribution is 0.627. The van der Waals surface area contributed by atoms with Crippen LogP contribution in [0.15, 0.2) is 53.7 Å². The fourth-order valence-electron chi connectivity index (χ4n) is 2.66. The van der Waals surface area contributed by atoms with Crippen LogP contribution in [0.3, 0.4) is 0 Å². The van der Waals surface area contributed by atoms with E-state index in [1.807, 2.05) is 12.3 Å². The van der Waals surface area contributed by atoms with E-state index >= 15 is 0 Å². The molecular weight excluding hydrogens is 432 g/mol. The van der Waals surface area contributed by atoms with Crippen LogP contribution >= 0.6 is 24.0 Å². The number of hydrogen-bond donors (Lipinski definition) is 2. The highest BCUT2D eigenvalue weighted by Crippen LogP contribution is 2.10. The molecule has 1 aromatic heterocycles. The van der Waals surface area contributed by atoms with Crippen molar-refractivity contribution in [3.8, 4) is 5.69 Å². The number of guanidine groups is 1. The first-order valence-electron chi connectivity index (χ1n) is 8.17. The maximum Gasteiger partial charge on any atom is 0.191 e. The van der Waals surface area contributed by atoms with Gasteiger partial charge in [0.25, 0.3) is 0 Å². The van der Waals surface area contributed by atoms with Gasteiger partial charge in [0.2, 0.25) is 0 Å². The van der Waals surface area contributed by atoms with Crippen LogP contribution in [0.2, 0.25) is 0 Å². The van der Waals surface area contributed by atoms with Crippen LogP contribution in [0.4, 0.5) is 4.39 Å². The molecule has 0 radical (unpaired) electrons. The molecule has 0 saturated carbocycles. The SMILES string of the molecule is CN=C(NCCc1ccn(-c2ccc(F)cc2)n1)NC1CC=CC1.I. The van der Waals surface area contributed by atoms with Gasteiger partial charge < -0.3 is 10.6 Å². The minimum Gasteiger partial charge on any atom is -0.356 e. The highest BCUT2D eigenvalue weighted by Gasteiger charge is 2.11. The third kappa shape index (κ3) is 5.55. The Morgan fingerprint density at radius 3 is 2.64 bits per heavy atom. The van der Waals surface area contributed by atoms with E-state index in [-0.39, 0.29) is 29.8 Å². The van der Waals surface area contributed by atoms with Crippen molar-refractivity contribution in [3.05, 3.63) is 60.2 Å². The Hall–Kier alpha value is -1.90. The third-order valence-electron chi connectivity index (χ3n) is 3.98. The summed E-state index contributed by atoms with van der Waals surface area (Å²) in [6.45, 7) is 0.750. The monoisotopic (exact) mass is 455 g/mol. The van der Waals surface area contributed by atoms with Crippen LogP contribution in [0, 0.1) is 5.82 Å². The molecule has 0 bridgehead atoms. The minimum atomic E-state index is -0.244. The number of hydrogen-bond acceptors (Lipinski definition) is 2. The molecule has 0 saturated heterocycles. The summed E-state index contributed by atoms with van der Waals surface area (Å²) in [4.78, 5) is 4.25. The van der Waals surface area contributed by atoms with Gasteiger partial charge in [-0.3, -0.25) is 4.99 Å². The van der Waals surface area contributed by atoms with Gasteiger partial charge >= 0.3 is 0 Å². The summed E-state index contributed by atoms with van der Waals surface area (Å²) in [7, 11) is 1.78. The van der Waals surface area contributed by atoms with E-state index < -0.39 is 0 Å². The van der Waals surface area contributed by atoms with Crippen molar-refractivity contribution in [2.45, 2.75) is 25.3 Å². The zero-order valence-corrected chi connectivity index (χ0v) is 16.5. The molecule has 1 aliphatic carbocycles. The van der Waals surface area contributed by atoms with E-state index in [1.54, 1.807) is 23.9 Å². The summed E-state index contributed by atoms with van der Waals surface area (Å²) in [6, 6.07) is 8.71. The molecule has 1 aromatic carbocycles. The molecule has 0 amide bonds. The molecule has 25 heavy (non-hydrogen) atoms. The highest BCUT2D eigenvalue weighted by molar-refractivity contribution is 14.0. The maximum atomic E-state index is 13.0. The van der Waals surface area contributed by atoms with Crippen molar-refractivity contribution < 1.29 is 4.39 Å². The van der Waals surface area contributed by atoms with Crippen LogP contribution in [-0.2, 0) is 6.42 Å². The second-order valence-corrected chi connectivity index (χ2v) is 5.76. The number of halogens is 2. The summed E-state index contributed by atoms with van der Waals surface area (Å²) < 4.78 is 14.7. The first-order valence-corrected chi connectivity index (χ1v) is 8.17. The van der Waals surface area contributed by atoms with Gasteiger partial charge in [-0.25, -0.2) is 9.07 Å². The summed E-state index contributed by atoms with van der Waals surface area (Å²) in [5.74, 6) is 0.577. The number of rotatable bonds is 5. The van der Waals surface area contributed by atoms with Crippen molar-refractivity contribution in [3.63, 3.8) is 0 Å². The van der Waals surface area contributed by atoms with Crippen LogP contribution in [0.5, 0.6) is 0 Å². The lowest BCUT2D eigenvalue weighted by atomic mass is 10.2. The molecule has 7 heteroatoms.